The normalized spacial score (nSPS) is 10.6. The third kappa shape index (κ3) is 7.30. The summed E-state index contributed by atoms with van der Waals surface area (Å²) in [7, 11) is 0. The van der Waals surface area contributed by atoms with Crippen LogP contribution in [0.1, 0.15) is 28.4 Å². The summed E-state index contributed by atoms with van der Waals surface area (Å²) < 4.78 is 11.0. The number of hydrazone groups is 1. The third-order valence-corrected chi connectivity index (χ3v) is 5.23. The van der Waals surface area contributed by atoms with Gasteiger partial charge in [-0.2, -0.15) is 5.10 Å². The molecule has 35 heavy (non-hydrogen) atoms. The van der Waals surface area contributed by atoms with Crippen molar-refractivity contribution in [2.24, 2.45) is 5.10 Å². The van der Waals surface area contributed by atoms with Crippen LogP contribution in [0.25, 0.3) is 0 Å². The molecule has 0 bridgehead atoms. The number of aryl methyl sites for hydroxylation is 1. The van der Waals surface area contributed by atoms with Crippen molar-refractivity contribution in [3.05, 3.63) is 87.4 Å². The Morgan fingerprint density at radius 3 is 2.37 bits per heavy atom. The standard InChI is InChI=1S/C25H21Cl2N3O5/c1-3-34-22-12-16(5-11-21(22)35-25(33)17-6-8-18(26)9-7-17)14-28-30-24(32)23(31)29-19-10-4-15(2)20(27)13-19/h4-14H,3H2,1-2H3,(H,29,31)(H,30,32)/b28-14+. The van der Waals surface area contributed by atoms with Gasteiger partial charge >= 0.3 is 17.8 Å². The molecular formula is C25H21Cl2N3O5. The molecule has 0 heterocycles. The third-order valence-electron chi connectivity index (χ3n) is 4.57. The summed E-state index contributed by atoms with van der Waals surface area (Å²) in [6.45, 7) is 3.93. The molecule has 0 aliphatic rings. The summed E-state index contributed by atoms with van der Waals surface area (Å²) in [6, 6.07) is 15.9. The van der Waals surface area contributed by atoms with E-state index in [2.05, 4.69) is 15.8 Å². The number of esters is 1. The van der Waals surface area contributed by atoms with Crippen molar-refractivity contribution in [3.8, 4) is 11.5 Å². The van der Waals surface area contributed by atoms with E-state index in [0.717, 1.165) is 5.56 Å². The molecule has 2 amide bonds. The molecule has 3 aromatic rings. The molecule has 0 saturated carbocycles. The molecule has 0 aliphatic carbocycles. The van der Waals surface area contributed by atoms with E-state index in [0.29, 0.717) is 39.2 Å². The molecule has 8 nitrogen and oxygen atoms in total. The number of carbonyl (C=O) groups excluding carboxylic acids is 3. The number of nitrogens with one attached hydrogen (secondary N) is 2. The van der Waals surface area contributed by atoms with Crippen molar-refractivity contribution in [3.63, 3.8) is 0 Å². The van der Waals surface area contributed by atoms with Crippen LogP contribution < -0.4 is 20.2 Å². The smallest absolute Gasteiger partial charge is 0.343 e. The summed E-state index contributed by atoms with van der Waals surface area (Å²) in [5.74, 6) is -1.92. The Balaban J connectivity index is 1.63. The van der Waals surface area contributed by atoms with E-state index in [1.54, 1.807) is 61.5 Å². The minimum atomic E-state index is -0.962. The van der Waals surface area contributed by atoms with Crippen LogP contribution in [0.4, 0.5) is 5.69 Å². The molecule has 0 aromatic heterocycles. The lowest BCUT2D eigenvalue weighted by molar-refractivity contribution is -0.136. The van der Waals surface area contributed by atoms with Gasteiger partial charge in [0.25, 0.3) is 0 Å². The second-order valence-corrected chi connectivity index (χ2v) is 8.00. The Labute approximate surface area is 211 Å². The number of amides is 2. The van der Waals surface area contributed by atoms with E-state index >= 15 is 0 Å². The van der Waals surface area contributed by atoms with Crippen LogP contribution in [0.15, 0.2) is 65.8 Å². The fourth-order valence-electron chi connectivity index (χ4n) is 2.78. The zero-order chi connectivity index (χ0) is 25.4. The lowest BCUT2D eigenvalue weighted by Crippen LogP contribution is -2.32. The molecule has 0 aliphatic heterocycles. The summed E-state index contributed by atoms with van der Waals surface area (Å²) in [6.07, 6.45) is 1.32. The fraction of sp³-hybridized carbons (Fsp3) is 0.120. The molecule has 3 rings (SSSR count). The predicted octanol–water partition coefficient (Wildman–Crippen LogP) is 5.01. The first-order valence-corrected chi connectivity index (χ1v) is 11.2. The van der Waals surface area contributed by atoms with Gasteiger partial charge < -0.3 is 14.8 Å². The molecule has 10 heteroatoms. The molecule has 0 spiro atoms. The minimum Gasteiger partial charge on any atom is -0.490 e. The topological polar surface area (TPSA) is 106 Å². The maximum Gasteiger partial charge on any atom is 0.343 e. The Bertz CT molecular complexity index is 1280. The second kappa shape index (κ2) is 12.0. The van der Waals surface area contributed by atoms with Crippen LogP contribution in [0.5, 0.6) is 11.5 Å². The van der Waals surface area contributed by atoms with E-state index in [-0.39, 0.29) is 5.75 Å². The van der Waals surface area contributed by atoms with E-state index < -0.39 is 17.8 Å². The Hall–Kier alpha value is -3.88. The molecule has 3 aromatic carbocycles. The van der Waals surface area contributed by atoms with Crippen LogP contribution in [-0.2, 0) is 9.59 Å². The molecular weight excluding hydrogens is 493 g/mol. The average Bonchev–Trinajstić information content (AvgIpc) is 2.83. The van der Waals surface area contributed by atoms with Crippen LogP contribution in [0.3, 0.4) is 0 Å². The van der Waals surface area contributed by atoms with Crippen LogP contribution >= 0.6 is 23.2 Å². The predicted molar refractivity (Wildman–Crippen MR) is 135 cm³/mol. The van der Waals surface area contributed by atoms with Crippen molar-refractivity contribution < 1.29 is 23.9 Å². The van der Waals surface area contributed by atoms with Crippen molar-refractivity contribution in [1.29, 1.82) is 0 Å². The minimum absolute atomic E-state index is 0.212. The number of ether oxygens (including phenoxy) is 2. The van der Waals surface area contributed by atoms with Gasteiger partial charge in [0.1, 0.15) is 0 Å². The fourth-order valence-corrected chi connectivity index (χ4v) is 3.08. The van der Waals surface area contributed by atoms with Gasteiger partial charge in [0.05, 0.1) is 18.4 Å². The van der Waals surface area contributed by atoms with E-state index in [1.165, 1.54) is 12.3 Å². The Morgan fingerprint density at radius 2 is 1.69 bits per heavy atom. The lowest BCUT2D eigenvalue weighted by Gasteiger charge is -2.11. The number of halogens is 2. The molecule has 0 fully saturated rings. The lowest BCUT2D eigenvalue weighted by atomic mass is 10.2. The quantitative estimate of drug-likeness (QED) is 0.152. The van der Waals surface area contributed by atoms with E-state index in [1.807, 2.05) is 6.92 Å². The highest BCUT2D eigenvalue weighted by Crippen LogP contribution is 2.29. The van der Waals surface area contributed by atoms with Crippen LogP contribution in [-0.4, -0.2) is 30.6 Å². The number of carbonyl (C=O) groups is 3. The second-order valence-electron chi connectivity index (χ2n) is 7.15. The Kier molecular flexibility index (Phi) is 8.83. The number of nitrogens with zero attached hydrogens (tertiary/aromatic N) is 1. The summed E-state index contributed by atoms with van der Waals surface area (Å²) >= 11 is 11.9. The zero-order valence-electron chi connectivity index (χ0n) is 18.8. The van der Waals surface area contributed by atoms with Gasteiger partial charge in [-0.25, -0.2) is 10.2 Å². The van der Waals surface area contributed by atoms with Gasteiger partial charge in [0.15, 0.2) is 11.5 Å². The molecule has 2 N–H and O–H groups in total. The number of anilines is 1. The van der Waals surface area contributed by atoms with E-state index in [4.69, 9.17) is 32.7 Å². The van der Waals surface area contributed by atoms with Gasteiger partial charge in [-0.1, -0.05) is 29.3 Å². The van der Waals surface area contributed by atoms with Gasteiger partial charge in [-0.05, 0) is 79.6 Å². The van der Waals surface area contributed by atoms with Crippen molar-refractivity contribution in [2.45, 2.75) is 13.8 Å². The number of benzene rings is 3. The maximum absolute atomic E-state index is 12.4. The highest BCUT2D eigenvalue weighted by Gasteiger charge is 2.15. The summed E-state index contributed by atoms with van der Waals surface area (Å²) in [5.41, 5.74) is 4.24. The van der Waals surface area contributed by atoms with E-state index in [9.17, 15) is 14.4 Å². The van der Waals surface area contributed by atoms with Crippen molar-refractivity contribution in [2.75, 3.05) is 11.9 Å². The number of hydrogen-bond acceptors (Lipinski definition) is 6. The number of rotatable bonds is 7. The molecule has 180 valence electrons. The molecule has 0 radical (unpaired) electrons. The average molecular weight is 514 g/mol. The highest BCUT2D eigenvalue weighted by molar-refractivity contribution is 6.40. The van der Waals surface area contributed by atoms with Gasteiger partial charge in [0, 0.05) is 15.7 Å². The largest absolute Gasteiger partial charge is 0.490 e. The van der Waals surface area contributed by atoms with Gasteiger partial charge in [-0.3, -0.25) is 9.59 Å². The van der Waals surface area contributed by atoms with Crippen molar-refractivity contribution >= 4 is 52.9 Å². The number of hydrogen-bond donors (Lipinski definition) is 2. The SMILES string of the molecule is CCOc1cc(/C=N/NC(=O)C(=O)Nc2ccc(C)c(Cl)c2)ccc1OC(=O)c1ccc(Cl)cc1. The summed E-state index contributed by atoms with van der Waals surface area (Å²) in [5, 5.41) is 7.21. The van der Waals surface area contributed by atoms with Crippen LogP contribution in [0, 0.1) is 6.92 Å². The van der Waals surface area contributed by atoms with Gasteiger partial charge in [-0.15, -0.1) is 0 Å². The molecule has 0 saturated heterocycles. The first-order chi connectivity index (χ1) is 16.8. The monoisotopic (exact) mass is 513 g/mol. The zero-order valence-corrected chi connectivity index (χ0v) is 20.3. The maximum atomic E-state index is 12.4. The summed E-state index contributed by atoms with van der Waals surface area (Å²) in [4.78, 5) is 36.5. The van der Waals surface area contributed by atoms with Crippen molar-refractivity contribution in [1.82, 2.24) is 5.43 Å². The van der Waals surface area contributed by atoms with Gasteiger partial charge in [0.2, 0.25) is 0 Å². The first-order valence-electron chi connectivity index (χ1n) is 10.4. The van der Waals surface area contributed by atoms with Crippen LogP contribution in [0.2, 0.25) is 10.0 Å². The molecule has 0 unspecified atom stereocenters. The first kappa shape index (κ1) is 25.7. The Morgan fingerprint density at radius 1 is 0.943 bits per heavy atom. The highest BCUT2D eigenvalue weighted by atomic mass is 35.5. The molecule has 0 atom stereocenters.